The largest absolute Gasteiger partial charge is 0.398 e. The fraction of sp³-hybridized carbons (Fsp3) is 0.143. The predicted molar refractivity (Wildman–Crippen MR) is 59.1 cm³/mol. The maximum absolute atomic E-state index is 10.7. The van der Waals surface area contributed by atoms with Crippen molar-refractivity contribution in [3.63, 3.8) is 0 Å². The summed E-state index contributed by atoms with van der Waals surface area (Å²) < 4.78 is 17.8. The summed E-state index contributed by atoms with van der Waals surface area (Å²) in [6.07, 6.45) is 0. The van der Waals surface area contributed by atoms with Gasteiger partial charge in [0, 0.05) is 11.3 Å². The Morgan fingerprint density at radius 1 is 1.36 bits per heavy atom. The molecule has 78 valence electrons. The normalized spacial score (nSPS) is 14.0. The van der Waals surface area contributed by atoms with E-state index in [0.717, 1.165) is 0 Å². The Hall–Kier alpha value is -0.000000000000000111. The lowest BCUT2D eigenvalue weighted by Gasteiger charge is -2.14. The van der Waals surface area contributed by atoms with Gasteiger partial charge in [-0.3, -0.25) is 0 Å². The Balaban J connectivity index is 3.29. The van der Waals surface area contributed by atoms with Gasteiger partial charge in [0.05, 0.1) is 4.90 Å². The highest BCUT2D eigenvalue weighted by Gasteiger charge is 2.26. The Labute approximate surface area is 98.4 Å². The first-order valence-electron chi connectivity index (χ1n) is 3.40. The lowest BCUT2D eigenvalue weighted by atomic mass is 10.2. The number of anilines is 1. The van der Waals surface area contributed by atoms with E-state index in [0.29, 0.717) is 0 Å². The average molecular weight is 275 g/mol. The molecule has 1 aromatic carbocycles. The molecule has 3 nitrogen and oxygen atoms in total. The number of nitrogens with two attached hydrogens (primary N) is 1. The molecule has 0 bridgehead atoms. The Bertz CT molecular complexity index is 378. The van der Waals surface area contributed by atoms with Crippen LogP contribution in [-0.4, -0.2) is 8.76 Å². The minimum absolute atomic E-state index is 0.139. The molecule has 0 saturated heterocycles. The fourth-order valence-electron chi connectivity index (χ4n) is 0.890. The highest BCUT2D eigenvalue weighted by molar-refractivity contribution is 7.79. The van der Waals surface area contributed by atoms with Gasteiger partial charge in [0.15, 0.2) is 11.1 Å². The summed E-state index contributed by atoms with van der Waals surface area (Å²) in [6, 6.07) is 4.10. The van der Waals surface area contributed by atoms with Gasteiger partial charge in [0.1, 0.15) is 0 Å². The first-order valence-corrected chi connectivity index (χ1v) is 5.64. The molecule has 1 rings (SSSR count). The van der Waals surface area contributed by atoms with E-state index in [-0.39, 0.29) is 16.1 Å². The van der Waals surface area contributed by atoms with Crippen molar-refractivity contribution < 1.29 is 8.76 Å². The molecule has 0 spiro atoms. The number of nitrogen functional groups attached to an aromatic ring is 1. The summed E-state index contributed by atoms with van der Waals surface area (Å²) in [6.45, 7) is 0. The summed E-state index contributed by atoms with van der Waals surface area (Å²) in [5.41, 5.74) is 6.00. The van der Waals surface area contributed by atoms with Crippen LogP contribution in [0.5, 0.6) is 0 Å². The maximum atomic E-state index is 10.7. The Morgan fingerprint density at radius 2 is 1.93 bits per heavy atom. The zero-order valence-electron chi connectivity index (χ0n) is 6.71. The highest BCUT2D eigenvalue weighted by atomic mass is 35.6. The van der Waals surface area contributed by atoms with Crippen molar-refractivity contribution in [2.24, 2.45) is 0 Å². The molecule has 1 atom stereocenters. The van der Waals surface area contributed by atoms with Gasteiger partial charge in [-0.1, -0.05) is 34.8 Å². The summed E-state index contributed by atoms with van der Waals surface area (Å²) in [5, 5.41) is 0. The highest BCUT2D eigenvalue weighted by Crippen LogP contribution is 2.41. The van der Waals surface area contributed by atoms with Crippen molar-refractivity contribution in [3.05, 3.63) is 23.8 Å². The van der Waals surface area contributed by atoms with E-state index in [1.165, 1.54) is 18.2 Å². The van der Waals surface area contributed by atoms with Crippen molar-refractivity contribution in [1.82, 2.24) is 0 Å². The van der Waals surface area contributed by atoms with Crippen LogP contribution in [0, 0.1) is 0 Å². The average Bonchev–Trinajstić information content (AvgIpc) is 2.02. The molecular weight excluding hydrogens is 269 g/mol. The van der Waals surface area contributed by atoms with Crippen molar-refractivity contribution in [3.8, 4) is 0 Å². The summed E-state index contributed by atoms with van der Waals surface area (Å²) in [4.78, 5) is 0.139. The molecule has 1 aromatic rings. The lowest BCUT2D eigenvalue weighted by Crippen LogP contribution is -2.06. The third-order valence-electron chi connectivity index (χ3n) is 1.53. The van der Waals surface area contributed by atoms with Crippen molar-refractivity contribution in [2.45, 2.75) is 8.69 Å². The zero-order chi connectivity index (χ0) is 10.9. The molecule has 14 heavy (non-hydrogen) atoms. The molecule has 0 saturated carbocycles. The molecular formula is C7H6Cl3NO2S. The SMILES string of the molecule is Nc1ccc(S(=O)O)cc1C(Cl)(Cl)Cl. The van der Waals surface area contributed by atoms with Gasteiger partial charge in [-0.15, -0.1) is 0 Å². The number of halogens is 3. The molecule has 0 fully saturated rings. The van der Waals surface area contributed by atoms with Crippen LogP contribution in [-0.2, 0) is 14.9 Å². The van der Waals surface area contributed by atoms with E-state index in [2.05, 4.69) is 0 Å². The van der Waals surface area contributed by atoms with Gasteiger partial charge in [-0.25, -0.2) is 4.21 Å². The molecule has 0 aliphatic rings. The van der Waals surface area contributed by atoms with Gasteiger partial charge in [-0.05, 0) is 18.2 Å². The molecule has 0 heterocycles. The van der Waals surface area contributed by atoms with E-state index in [1.807, 2.05) is 0 Å². The second-order valence-corrected chi connectivity index (χ2v) is 5.75. The van der Waals surface area contributed by atoms with Crippen LogP contribution >= 0.6 is 34.8 Å². The summed E-state index contributed by atoms with van der Waals surface area (Å²) >= 11 is 14.7. The van der Waals surface area contributed by atoms with E-state index < -0.39 is 14.9 Å². The second kappa shape index (κ2) is 4.24. The van der Waals surface area contributed by atoms with Crippen LogP contribution in [0.3, 0.4) is 0 Å². The molecule has 1 unspecified atom stereocenters. The van der Waals surface area contributed by atoms with Crippen LogP contribution in [0.25, 0.3) is 0 Å². The van der Waals surface area contributed by atoms with Gasteiger partial charge < -0.3 is 10.3 Å². The van der Waals surface area contributed by atoms with Crippen molar-refractivity contribution in [2.75, 3.05) is 5.73 Å². The van der Waals surface area contributed by atoms with Gasteiger partial charge in [0.2, 0.25) is 3.79 Å². The van der Waals surface area contributed by atoms with E-state index in [9.17, 15) is 4.21 Å². The van der Waals surface area contributed by atoms with Crippen LogP contribution in [0.1, 0.15) is 5.56 Å². The van der Waals surface area contributed by atoms with Gasteiger partial charge in [0.25, 0.3) is 0 Å². The van der Waals surface area contributed by atoms with Gasteiger partial charge >= 0.3 is 0 Å². The number of alkyl halides is 3. The predicted octanol–water partition coefficient (Wildman–Crippen LogP) is 2.68. The molecule has 0 aliphatic heterocycles. The molecule has 0 aromatic heterocycles. The summed E-state index contributed by atoms with van der Waals surface area (Å²) in [7, 11) is 0. The third kappa shape index (κ3) is 2.74. The van der Waals surface area contributed by atoms with E-state index >= 15 is 0 Å². The first kappa shape index (κ1) is 12.1. The van der Waals surface area contributed by atoms with Crippen LogP contribution in [0.4, 0.5) is 5.69 Å². The molecule has 3 N–H and O–H groups in total. The molecule has 0 aliphatic carbocycles. The van der Waals surface area contributed by atoms with Crippen molar-refractivity contribution >= 4 is 51.6 Å². The first-order chi connectivity index (χ1) is 6.32. The van der Waals surface area contributed by atoms with E-state index in [1.54, 1.807) is 0 Å². The van der Waals surface area contributed by atoms with Crippen LogP contribution in [0.2, 0.25) is 0 Å². The quantitative estimate of drug-likeness (QED) is 0.470. The molecule has 0 radical (unpaired) electrons. The van der Waals surface area contributed by atoms with Crippen LogP contribution < -0.4 is 5.73 Å². The minimum atomic E-state index is -2.11. The number of rotatable bonds is 1. The smallest absolute Gasteiger partial charge is 0.218 e. The van der Waals surface area contributed by atoms with Crippen LogP contribution in [0.15, 0.2) is 23.1 Å². The molecule has 0 amide bonds. The Morgan fingerprint density at radius 3 is 2.36 bits per heavy atom. The maximum Gasteiger partial charge on any atom is 0.218 e. The number of benzene rings is 1. The summed E-state index contributed by atoms with van der Waals surface area (Å²) in [5.74, 6) is 0. The van der Waals surface area contributed by atoms with Crippen molar-refractivity contribution in [1.29, 1.82) is 0 Å². The Kier molecular flexibility index (Phi) is 3.66. The number of hydrogen-bond donors (Lipinski definition) is 2. The van der Waals surface area contributed by atoms with Gasteiger partial charge in [-0.2, -0.15) is 0 Å². The topological polar surface area (TPSA) is 63.3 Å². The lowest BCUT2D eigenvalue weighted by molar-refractivity contribution is 0.564. The van der Waals surface area contributed by atoms with E-state index in [4.69, 9.17) is 45.1 Å². The zero-order valence-corrected chi connectivity index (χ0v) is 9.79. The third-order valence-corrected chi connectivity index (χ3v) is 2.80. The standard InChI is InChI=1S/C7H6Cl3NO2S/c8-7(9,10)5-3-4(14(12)13)1-2-6(5)11/h1-3H,11H2,(H,12,13). The monoisotopic (exact) mass is 273 g/mol. The minimum Gasteiger partial charge on any atom is -0.398 e. The fourth-order valence-corrected chi connectivity index (χ4v) is 1.78. The number of hydrogen-bond acceptors (Lipinski definition) is 2. The second-order valence-electron chi connectivity index (χ2n) is 2.50. The molecule has 7 heteroatoms.